The lowest BCUT2D eigenvalue weighted by Crippen LogP contribution is -2.04. The van der Waals surface area contributed by atoms with Gasteiger partial charge in [-0.25, -0.2) is 0 Å². The average Bonchev–Trinajstić information content (AvgIpc) is 2.57. The van der Waals surface area contributed by atoms with Crippen LogP contribution in [-0.2, 0) is 6.42 Å². The highest BCUT2D eigenvalue weighted by Gasteiger charge is 2.18. The third-order valence-corrected chi connectivity index (χ3v) is 2.61. The van der Waals surface area contributed by atoms with Crippen molar-refractivity contribution in [3.05, 3.63) is 42.0 Å². The maximum Gasteiger partial charge on any atom is 0.120 e. The molecule has 0 saturated heterocycles. The quantitative estimate of drug-likeness (QED) is 0.740. The molecule has 2 nitrogen and oxygen atoms in total. The molecule has 0 heterocycles. The van der Waals surface area contributed by atoms with Crippen LogP contribution in [-0.4, -0.2) is 6.61 Å². The first-order valence-electron chi connectivity index (χ1n) is 4.93. The summed E-state index contributed by atoms with van der Waals surface area (Å²) < 4.78 is 5.46. The van der Waals surface area contributed by atoms with Crippen molar-refractivity contribution < 1.29 is 4.74 Å². The van der Waals surface area contributed by atoms with Crippen molar-refractivity contribution in [3.8, 4) is 5.75 Å². The molecule has 2 heteroatoms. The molecule has 0 saturated carbocycles. The zero-order chi connectivity index (χ0) is 9.97. The van der Waals surface area contributed by atoms with E-state index in [1.54, 1.807) is 6.08 Å². The van der Waals surface area contributed by atoms with Crippen molar-refractivity contribution in [3.63, 3.8) is 0 Å². The van der Waals surface area contributed by atoms with Gasteiger partial charge in [0.05, 0.1) is 0 Å². The summed E-state index contributed by atoms with van der Waals surface area (Å²) >= 11 is 0. The van der Waals surface area contributed by atoms with Crippen molar-refractivity contribution in [1.82, 2.24) is 0 Å². The predicted octanol–water partition coefficient (Wildman–Crippen LogP) is 2.20. The fraction of sp³-hybridized carbons (Fsp3) is 0.333. The van der Waals surface area contributed by atoms with E-state index in [1.807, 2.05) is 6.07 Å². The maximum absolute atomic E-state index is 5.94. The van der Waals surface area contributed by atoms with Gasteiger partial charge in [-0.3, -0.25) is 0 Å². The summed E-state index contributed by atoms with van der Waals surface area (Å²) in [5.41, 5.74) is 8.55. The van der Waals surface area contributed by atoms with Crippen LogP contribution >= 0.6 is 0 Å². The predicted molar refractivity (Wildman–Crippen MR) is 57.4 cm³/mol. The molecule has 0 unspecified atom stereocenters. The topological polar surface area (TPSA) is 35.2 Å². The fourth-order valence-corrected chi connectivity index (χ4v) is 1.87. The molecule has 1 atom stereocenters. The lowest BCUT2D eigenvalue weighted by molar-refractivity contribution is 0.363. The normalized spacial score (nSPS) is 19.1. The Hall–Kier alpha value is -1.28. The molecular weight excluding hydrogens is 174 g/mol. The van der Waals surface area contributed by atoms with Gasteiger partial charge in [-0.2, -0.15) is 0 Å². The second kappa shape index (κ2) is 3.84. The highest BCUT2D eigenvalue weighted by molar-refractivity contribution is 5.40. The molecule has 0 fully saturated rings. The molecule has 1 aliphatic rings. The number of nitrogens with two attached hydrogens (primary N) is 1. The van der Waals surface area contributed by atoms with Gasteiger partial charge in [-0.05, 0) is 36.1 Å². The summed E-state index contributed by atoms with van der Waals surface area (Å²) in [5, 5.41) is 0. The van der Waals surface area contributed by atoms with Gasteiger partial charge >= 0.3 is 0 Å². The van der Waals surface area contributed by atoms with E-state index in [-0.39, 0.29) is 6.04 Å². The highest BCUT2D eigenvalue weighted by atomic mass is 16.5. The van der Waals surface area contributed by atoms with Crippen LogP contribution < -0.4 is 10.5 Å². The van der Waals surface area contributed by atoms with E-state index in [1.165, 1.54) is 11.1 Å². The van der Waals surface area contributed by atoms with E-state index < -0.39 is 0 Å². The largest absolute Gasteiger partial charge is 0.490 e. The van der Waals surface area contributed by atoms with Crippen LogP contribution in [0.25, 0.3) is 0 Å². The summed E-state index contributed by atoms with van der Waals surface area (Å²) in [7, 11) is 0. The summed E-state index contributed by atoms with van der Waals surface area (Å²) in [6.07, 6.45) is 3.88. The van der Waals surface area contributed by atoms with Crippen molar-refractivity contribution in [1.29, 1.82) is 0 Å². The standard InChI is InChI=1S/C12H15NO/c1-2-7-14-10-4-5-11-9(8-10)3-6-12(11)13/h2,4-5,8,12H,1,3,6-7,13H2/t12-/m0/s1. The SMILES string of the molecule is C=CCOc1ccc2c(c1)CC[C@@H]2N. The molecule has 74 valence electrons. The van der Waals surface area contributed by atoms with E-state index in [2.05, 4.69) is 18.7 Å². The van der Waals surface area contributed by atoms with E-state index >= 15 is 0 Å². The van der Waals surface area contributed by atoms with Gasteiger partial charge in [0.1, 0.15) is 12.4 Å². The number of ether oxygens (including phenoxy) is 1. The Balaban J connectivity index is 2.19. The van der Waals surface area contributed by atoms with Crippen LogP contribution in [0.1, 0.15) is 23.6 Å². The second-order valence-electron chi connectivity index (χ2n) is 3.61. The molecule has 2 N–H and O–H groups in total. The first-order chi connectivity index (χ1) is 6.81. The van der Waals surface area contributed by atoms with Gasteiger partial charge in [0.2, 0.25) is 0 Å². The van der Waals surface area contributed by atoms with Gasteiger partial charge in [0, 0.05) is 6.04 Å². The first kappa shape index (κ1) is 9.28. The Morgan fingerprint density at radius 3 is 3.21 bits per heavy atom. The monoisotopic (exact) mass is 189 g/mol. The van der Waals surface area contributed by atoms with E-state index in [9.17, 15) is 0 Å². The Morgan fingerprint density at radius 1 is 1.57 bits per heavy atom. The minimum Gasteiger partial charge on any atom is -0.490 e. The molecule has 0 aliphatic heterocycles. The Bertz CT molecular complexity index is 346. The number of hydrogen-bond acceptors (Lipinski definition) is 2. The van der Waals surface area contributed by atoms with Crippen LogP contribution in [0, 0.1) is 0 Å². The van der Waals surface area contributed by atoms with Crippen LogP contribution in [0.4, 0.5) is 0 Å². The molecule has 2 rings (SSSR count). The highest BCUT2D eigenvalue weighted by Crippen LogP contribution is 2.31. The van der Waals surface area contributed by atoms with Crippen LogP contribution in [0.5, 0.6) is 5.75 Å². The summed E-state index contributed by atoms with van der Waals surface area (Å²) in [6, 6.07) is 6.36. The molecule has 0 radical (unpaired) electrons. The lowest BCUT2D eigenvalue weighted by atomic mass is 10.1. The smallest absolute Gasteiger partial charge is 0.120 e. The lowest BCUT2D eigenvalue weighted by Gasteiger charge is -2.07. The van der Waals surface area contributed by atoms with Crippen molar-refractivity contribution in [2.75, 3.05) is 6.61 Å². The van der Waals surface area contributed by atoms with Crippen LogP contribution in [0.15, 0.2) is 30.9 Å². The molecule has 1 aliphatic carbocycles. The van der Waals surface area contributed by atoms with Crippen LogP contribution in [0.3, 0.4) is 0 Å². The van der Waals surface area contributed by atoms with Gasteiger partial charge in [0.15, 0.2) is 0 Å². The fourth-order valence-electron chi connectivity index (χ4n) is 1.87. The molecule has 1 aromatic rings. The number of hydrogen-bond donors (Lipinski definition) is 1. The summed E-state index contributed by atoms with van der Waals surface area (Å²) in [6.45, 7) is 4.18. The minimum atomic E-state index is 0.221. The molecule has 0 bridgehead atoms. The molecule has 0 aromatic heterocycles. The molecule has 0 spiro atoms. The van der Waals surface area contributed by atoms with Gasteiger partial charge in [-0.1, -0.05) is 18.7 Å². The summed E-state index contributed by atoms with van der Waals surface area (Å²) in [5.74, 6) is 0.915. The Kier molecular flexibility index (Phi) is 2.55. The second-order valence-corrected chi connectivity index (χ2v) is 3.61. The Morgan fingerprint density at radius 2 is 2.43 bits per heavy atom. The molecule has 0 amide bonds. The van der Waals surface area contributed by atoms with Crippen molar-refractivity contribution >= 4 is 0 Å². The summed E-state index contributed by atoms with van der Waals surface area (Å²) in [4.78, 5) is 0. The number of aryl methyl sites for hydroxylation is 1. The zero-order valence-electron chi connectivity index (χ0n) is 8.20. The number of benzene rings is 1. The van der Waals surface area contributed by atoms with Crippen molar-refractivity contribution in [2.24, 2.45) is 5.73 Å². The van der Waals surface area contributed by atoms with Gasteiger partial charge in [-0.15, -0.1) is 0 Å². The molecule has 1 aromatic carbocycles. The van der Waals surface area contributed by atoms with Gasteiger partial charge < -0.3 is 10.5 Å². The van der Waals surface area contributed by atoms with Gasteiger partial charge in [0.25, 0.3) is 0 Å². The van der Waals surface area contributed by atoms with E-state index in [0.29, 0.717) is 6.61 Å². The zero-order valence-corrected chi connectivity index (χ0v) is 8.20. The Labute approximate surface area is 84.4 Å². The third-order valence-electron chi connectivity index (χ3n) is 2.61. The number of rotatable bonds is 3. The number of fused-ring (bicyclic) bond motifs is 1. The third kappa shape index (κ3) is 1.66. The van der Waals surface area contributed by atoms with Crippen molar-refractivity contribution in [2.45, 2.75) is 18.9 Å². The van der Waals surface area contributed by atoms with E-state index in [0.717, 1.165) is 18.6 Å². The van der Waals surface area contributed by atoms with E-state index in [4.69, 9.17) is 10.5 Å². The average molecular weight is 189 g/mol. The first-order valence-corrected chi connectivity index (χ1v) is 4.93. The minimum absolute atomic E-state index is 0.221. The van der Waals surface area contributed by atoms with Crippen LogP contribution in [0.2, 0.25) is 0 Å². The maximum atomic E-state index is 5.94. The molecule has 14 heavy (non-hydrogen) atoms. The molecular formula is C12H15NO.